The van der Waals surface area contributed by atoms with Gasteiger partial charge in [-0.3, -0.25) is 0 Å². The molecule has 6 nitrogen and oxygen atoms in total. The highest BCUT2D eigenvalue weighted by atomic mass is 16.5. The van der Waals surface area contributed by atoms with Crippen LogP contribution in [0.2, 0.25) is 0 Å². The molecular weight excluding hydrogens is 316 g/mol. The molecule has 3 rings (SSSR count). The normalized spacial score (nSPS) is 16.8. The lowest BCUT2D eigenvalue weighted by atomic mass is 10.1. The summed E-state index contributed by atoms with van der Waals surface area (Å²) in [5.74, 6) is 0. The predicted octanol–water partition coefficient (Wildman–Crippen LogP) is 2.59. The van der Waals surface area contributed by atoms with E-state index in [9.17, 15) is 4.79 Å². The number of aryl methyl sites for hydroxylation is 2. The van der Waals surface area contributed by atoms with Gasteiger partial charge in [0.15, 0.2) is 0 Å². The van der Waals surface area contributed by atoms with Crippen molar-refractivity contribution in [3.63, 3.8) is 0 Å². The number of benzene rings is 1. The molecule has 0 bridgehead atoms. The van der Waals surface area contributed by atoms with Gasteiger partial charge in [0.05, 0.1) is 17.5 Å². The van der Waals surface area contributed by atoms with Crippen molar-refractivity contribution in [2.45, 2.75) is 38.7 Å². The molecule has 0 radical (unpaired) electrons. The van der Waals surface area contributed by atoms with Crippen LogP contribution in [0.4, 0.5) is 4.79 Å². The zero-order valence-corrected chi connectivity index (χ0v) is 14.7. The number of hydrogen-bond acceptors (Lipinski definition) is 3. The van der Waals surface area contributed by atoms with E-state index >= 15 is 0 Å². The van der Waals surface area contributed by atoms with Crippen LogP contribution in [0.25, 0.3) is 5.69 Å². The van der Waals surface area contributed by atoms with Gasteiger partial charge < -0.3 is 15.4 Å². The van der Waals surface area contributed by atoms with E-state index in [1.165, 1.54) is 5.56 Å². The highest BCUT2D eigenvalue weighted by Crippen LogP contribution is 2.13. The molecule has 2 N–H and O–H groups in total. The Kier molecular flexibility index (Phi) is 6.06. The van der Waals surface area contributed by atoms with Crippen molar-refractivity contribution in [1.82, 2.24) is 20.4 Å². The molecule has 6 heteroatoms. The average molecular weight is 342 g/mol. The molecule has 1 aliphatic rings. The highest BCUT2D eigenvalue weighted by molar-refractivity contribution is 5.73. The van der Waals surface area contributed by atoms with Gasteiger partial charge in [0, 0.05) is 25.9 Å². The lowest BCUT2D eigenvalue weighted by molar-refractivity contribution is 0.111. The number of carbonyl (C=O) groups excluding carboxylic acids is 1. The maximum absolute atomic E-state index is 11.8. The fourth-order valence-corrected chi connectivity index (χ4v) is 3.01. The summed E-state index contributed by atoms with van der Waals surface area (Å²) >= 11 is 0. The van der Waals surface area contributed by atoms with Crippen molar-refractivity contribution in [2.75, 3.05) is 19.7 Å². The second-order valence-corrected chi connectivity index (χ2v) is 6.40. The van der Waals surface area contributed by atoms with E-state index < -0.39 is 0 Å². The zero-order chi connectivity index (χ0) is 17.5. The van der Waals surface area contributed by atoms with E-state index in [1.807, 2.05) is 41.9 Å². The average Bonchev–Trinajstić information content (AvgIpc) is 3.28. The van der Waals surface area contributed by atoms with Crippen molar-refractivity contribution >= 4 is 6.03 Å². The third kappa shape index (κ3) is 5.06. The lowest BCUT2D eigenvalue weighted by Gasteiger charge is -2.11. The maximum Gasteiger partial charge on any atom is 0.314 e. The molecule has 1 aromatic heterocycles. The lowest BCUT2D eigenvalue weighted by Crippen LogP contribution is -2.40. The summed E-state index contributed by atoms with van der Waals surface area (Å²) in [5.41, 5.74) is 3.31. The van der Waals surface area contributed by atoms with Crippen LogP contribution in [0, 0.1) is 6.92 Å². The van der Waals surface area contributed by atoms with Crippen molar-refractivity contribution in [2.24, 2.45) is 0 Å². The van der Waals surface area contributed by atoms with Crippen molar-refractivity contribution in [1.29, 1.82) is 0 Å². The van der Waals surface area contributed by atoms with Crippen LogP contribution >= 0.6 is 0 Å². The summed E-state index contributed by atoms with van der Waals surface area (Å²) in [7, 11) is 0. The number of nitrogens with one attached hydrogen (secondary N) is 2. The highest BCUT2D eigenvalue weighted by Gasteiger charge is 2.15. The van der Waals surface area contributed by atoms with Crippen LogP contribution in [0.5, 0.6) is 0 Å². The van der Waals surface area contributed by atoms with Gasteiger partial charge in [-0.1, -0.05) is 18.2 Å². The third-order valence-electron chi connectivity index (χ3n) is 4.44. The number of nitrogens with zero attached hydrogens (tertiary/aromatic N) is 2. The monoisotopic (exact) mass is 342 g/mol. The summed E-state index contributed by atoms with van der Waals surface area (Å²) < 4.78 is 7.40. The SMILES string of the molecule is Cc1nn(-c2ccccc2)cc1CCCNC(=O)NC[C@H]1CCCO1. The largest absolute Gasteiger partial charge is 0.376 e. The summed E-state index contributed by atoms with van der Waals surface area (Å²) in [4.78, 5) is 11.8. The van der Waals surface area contributed by atoms with Gasteiger partial charge in [-0.2, -0.15) is 5.10 Å². The molecule has 0 aliphatic carbocycles. The van der Waals surface area contributed by atoms with E-state index in [-0.39, 0.29) is 12.1 Å². The Hall–Kier alpha value is -2.34. The second kappa shape index (κ2) is 8.67. The minimum absolute atomic E-state index is 0.118. The fourth-order valence-electron chi connectivity index (χ4n) is 3.01. The quantitative estimate of drug-likeness (QED) is 0.760. The van der Waals surface area contributed by atoms with Gasteiger partial charge >= 0.3 is 6.03 Å². The Morgan fingerprint density at radius 3 is 2.92 bits per heavy atom. The number of para-hydroxylation sites is 1. The standard InChI is InChI=1S/C19H26N4O2/c1-15-16(14-23(22-15)17-8-3-2-4-9-17)7-5-11-20-19(24)21-13-18-10-6-12-25-18/h2-4,8-9,14,18H,5-7,10-13H2,1H3,(H2,20,21,24)/t18-/m1/s1. The molecule has 25 heavy (non-hydrogen) atoms. The second-order valence-electron chi connectivity index (χ2n) is 6.40. The summed E-state index contributed by atoms with van der Waals surface area (Å²) in [6.45, 7) is 4.07. The minimum atomic E-state index is -0.118. The van der Waals surface area contributed by atoms with E-state index in [0.29, 0.717) is 13.1 Å². The van der Waals surface area contributed by atoms with Gasteiger partial charge in [0.1, 0.15) is 0 Å². The first-order valence-electron chi connectivity index (χ1n) is 8.96. The van der Waals surface area contributed by atoms with E-state index in [1.54, 1.807) is 0 Å². The molecular formula is C19H26N4O2. The summed E-state index contributed by atoms with van der Waals surface area (Å²) in [6.07, 6.45) is 6.15. The molecule has 0 saturated carbocycles. The first-order valence-corrected chi connectivity index (χ1v) is 8.96. The maximum atomic E-state index is 11.8. The van der Waals surface area contributed by atoms with Crippen molar-refractivity contribution in [3.05, 3.63) is 47.8 Å². The molecule has 1 atom stereocenters. The van der Waals surface area contributed by atoms with E-state index in [0.717, 1.165) is 43.7 Å². The first-order chi connectivity index (χ1) is 12.2. The Morgan fingerprint density at radius 2 is 2.16 bits per heavy atom. The Balaban J connectivity index is 1.38. The molecule has 0 spiro atoms. The van der Waals surface area contributed by atoms with Crippen LogP contribution in [0.15, 0.2) is 36.5 Å². The zero-order valence-electron chi connectivity index (χ0n) is 14.7. The van der Waals surface area contributed by atoms with Gasteiger partial charge in [-0.15, -0.1) is 0 Å². The number of hydrogen-bond donors (Lipinski definition) is 2. The van der Waals surface area contributed by atoms with Crippen LogP contribution in [-0.4, -0.2) is 41.6 Å². The topological polar surface area (TPSA) is 68.2 Å². The number of urea groups is 1. The summed E-state index contributed by atoms with van der Waals surface area (Å²) in [5, 5.41) is 10.3. The van der Waals surface area contributed by atoms with Crippen LogP contribution in [-0.2, 0) is 11.2 Å². The number of carbonyl (C=O) groups is 1. The van der Waals surface area contributed by atoms with Gasteiger partial charge in [0.2, 0.25) is 0 Å². The molecule has 134 valence electrons. The Bertz CT molecular complexity index is 678. The summed E-state index contributed by atoms with van der Waals surface area (Å²) in [6, 6.07) is 9.96. The van der Waals surface area contributed by atoms with Crippen LogP contribution in [0.1, 0.15) is 30.5 Å². The molecule has 1 saturated heterocycles. The van der Waals surface area contributed by atoms with Crippen molar-refractivity contribution < 1.29 is 9.53 Å². The number of ether oxygens (including phenoxy) is 1. The minimum Gasteiger partial charge on any atom is -0.376 e. The molecule has 2 heterocycles. The third-order valence-corrected chi connectivity index (χ3v) is 4.44. The van der Waals surface area contributed by atoms with E-state index in [2.05, 4.69) is 21.9 Å². The smallest absolute Gasteiger partial charge is 0.314 e. The number of rotatable bonds is 7. The van der Waals surface area contributed by atoms with Crippen molar-refractivity contribution in [3.8, 4) is 5.69 Å². The molecule has 1 aromatic carbocycles. The molecule has 2 amide bonds. The molecule has 1 fully saturated rings. The fraction of sp³-hybridized carbons (Fsp3) is 0.474. The number of aromatic nitrogens is 2. The Labute approximate surface area is 148 Å². The Morgan fingerprint density at radius 1 is 1.32 bits per heavy atom. The predicted molar refractivity (Wildman–Crippen MR) is 97.0 cm³/mol. The van der Waals surface area contributed by atoms with Gasteiger partial charge in [-0.25, -0.2) is 9.48 Å². The molecule has 2 aromatic rings. The van der Waals surface area contributed by atoms with E-state index in [4.69, 9.17) is 4.74 Å². The van der Waals surface area contributed by atoms with Gasteiger partial charge in [0.25, 0.3) is 0 Å². The van der Waals surface area contributed by atoms with Gasteiger partial charge in [-0.05, 0) is 50.3 Å². The number of amides is 2. The van der Waals surface area contributed by atoms with Crippen LogP contribution in [0.3, 0.4) is 0 Å². The van der Waals surface area contributed by atoms with Crippen LogP contribution < -0.4 is 10.6 Å². The molecule has 0 unspecified atom stereocenters. The molecule has 1 aliphatic heterocycles. The first kappa shape index (κ1) is 17.5.